The first-order valence-electron chi connectivity index (χ1n) is 10.7. The van der Waals surface area contributed by atoms with Crippen LogP contribution in [0.15, 0.2) is 53.7 Å². The van der Waals surface area contributed by atoms with E-state index in [4.69, 9.17) is 0 Å². The number of rotatable bonds is 9. The first-order chi connectivity index (χ1) is 15.4. The monoisotopic (exact) mass is 451 g/mol. The Balaban J connectivity index is 1.53. The molecule has 1 aromatic heterocycles. The van der Waals surface area contributed by atoms with E-state index in [1.807, 2.05) is 55.5 Å². The van der Waals surface area contributed by atoms with Gasteiger partial charge in [-0.1, -0.05) is 62.9 Å². The SMILES string of the molecule is CCc1ccccc1NC(=O)Cc1nnc(SCC(=O)Nc2ccc(C(C)C)cc2)n1C. The molecule has 2 N–H and O–H groups in total. The fraction of sp³-hybridized carbons (Fsp3) is 0.333. The maximum absolute atomic E-state index is 12.5. The number of para-hydroxylation sites is 1. The van der Waals surface area contributed by atoms with Crippen molar-refractivity contribution in [1.29, 1.82) is 0 Å². The van der Waals surface area contributed by atoms with Gasteiger partial charge < -0.3 is 15.2 Å². The molecule has 0 unspecified atom stereocenters. The number of aromatic nitrogens is 3. The second-order valence-electron chi connectivity index (χ2n) is 7.81. The molecule has 32 heavy (non-hydrogen) atoms. The van der Waals surface area contributed by atoms with Crippen molar-refractivity contribution in [3.63, 3.8) is 0 Å². The van der Waals surface area contributed by atoms with Crippen molar-refractivity contribution in [3.05, 3.63) is 65.5 Å². The zero-order valence-corrected chi connectivity index (χ0v) is 19.7. The number of nitrogens with zero attached hydrogens (tertiary/aromatic N) is 3. The third kappa shape index (κ3) is 6.20. The molecule has 0 radical (unpaired) electrons. The average molecular weight is 452 g/mol. The van der Waals surface area contributed by atoms with Gasteiger partial charge in [0.05, 0.1) is 12.2 Å². The number of hydrogen-bond donors (Lipinski definition) is 2. The van der Waals surface area contributed by atoms with Gasteiger partial charge in [0.2, 0.25) is 11.8 Å². The minimum atomic E-state index is -0.152. The van der Waals surface area contributed by atoms with E-state index >= 15 is 0 Å². The molecule has 0 aliphatic heterocycles. The molecule has 8 heteroatoms. The summed E-state index contributed by atoms with van der Waals surface area (Å²) in [6.07, 6.45) is 0.946. The molecular formula is C24H29N5O2S. The Bertz CT molecular complexity index is 1080. The molecule has 0 aliphatic rings. The predicted molar refractivity (Wildman–Crippen MR) is 129 cm³/mol. The lowest BCUT2D eigenvalue weighted by atomic mass is 10.0. The third-order valence-electron chi connectivity index (χ3n) is 5.11. The summed E-state index contributed by atoms with van der Waals surface area (Å²) in [6.45, 7) is 6.31. The molecule has 0 atom stereocenters. The molecule has 2 amide bonds. The topological polar surface area (TPSA) is 88.9 Å². The van der Waals surface area contributed by atoms with Crippen LogP contribution in [0.25, 0.3) is 0 Å². The summed E-state index contributed by atoms with van der Waals surface area (Å²) in [5.41, 5.74) is 3.89. The molecule has 0 bridgehead atoms. The van der Waals surface area contributed by atoms with Gasteiger partial charge in [-0.25, -0.2) is 0 Å². The fourth-order valence-corrected chi connectivity index (χ4v) is 3.92. The van der Waals surface area contributed by atoms with Crippen LogP contribution in [-0.4, -0.2) is 32.3 Å². The Morgan fingerprint density at radius 2 is 1.72 bits per heavy atom. The number of carbonyl (C=O) groups is 2. The van der Waals surface area contributed by atoms with E-state index in [9.17, 15) is 9.59 Å². The molecule has 7 nitrogen and oxygen atoms in total. The Kier molecular flexibility index (Phi) is 8.05. The van der Waals surface area contributed by atoms with Crippen LogP contribution in [0, 0.1) is 0 Å². The van der Waals surface area contributed by atoms with Gasteiger partial charge in [0, 0.05) is 18.4 Å². The van der Waals surface area contributed by atoms with Crippen molar-refractivity contribution in [1.82, 2.24) is 14.8 Å². The van der Waals surface area contributed by atoms with Crippen LogP contribution in [0.1, 0.15) is 43.6 Å². The maximum Gasteiger partial charge on any atom is 0.234 e. The van der Waals surface area contributed by atoms with Gasteiger partial charge in [0.1, 0.15) is 5.82 Å². The van der Waals surface area contributed by atoms with E-state index in [1.165, 1.54) is 17.3 Å². The van der Waals surface area contributed by atoms with Gasteiger partial charge >= 0.3 is 0 Å². The number of anilines is 2. The zero-order chi connectivity index (χ0) is 23.1. The van der Waals surface area contributed by atoms with E-state index in [0.717, 1.165) is 23.4 Å². The predicted octanol–water partition coefficient (Wildman–Crippen LogP) is 4.41. The van der Waals surface area contributed by atoms with Crippen LogP contribution in [0.4, 0.5) is 11.4 Å². The molecule has 0 saturated heterocycles. The molecule has 3 rings (SSSR count). The van der Waals surface area contributed by atoms with Crippen molar-refractivity contribution < 1.29 is 9.59 Å². The zero-order valence-electron chi connectivity index (χ0n) is 18.9. The lowest BCUT2D eigenvalue weighted by Gasteiger charge is -2.10. The van der Waals surface area contributed by atoms with E-state index in [-0.39, 0.29) is 24.0 Å². The second-order valence-corrected chi connectivity index (χ2v) is 8.75. The van der Waals surface area contributed by atoms with Gasteiger partial charge in [-0.05, 0) is 41.7 Å². The summed E-state index contributed by atoms with van der Waals surface area (Å²) in [7, 11) is 1.80. The van der Waals surface area contributed by atoms with Crippen molar-refractivity contribution in [2.75, 3.05) is 16.4 Å². The van der Waals surface area contributed by atoms with Crippen LogP contribution in [0.5, 0.6) is 0 Å². The Morgan fingerprint density at radius 1 is 1.00 bits per heavy atom. The first kappa shape index (κ1) is 23.5. The summed E-state index contributed by atoms with van der Waals surface area (Å²) in [6, 6.07) is 15.6. The van der Waals surface area contributed by atoms with Gasteiger partial charge in [0.15, 0.2) is 5.16 Å². The number of thioether (sulfide) groups is 1. The number of amides is 2. The van der Waals surface area contributed by atoms with E-state index in [0.29, 0.717) is 16.9 Å². The smallest absolute Gasteiger partial charge is 0.234 e. The maximum atomic E-state index is 12.5. The number of benzene rings is 2. The summed E-state index contributed by atoms with van der Waals surface area (Å²) in [5, 5.41) is 14.7. The van der Waals surface area contributed by atoms with Crippen molar-refractivity contribution in [2.24, 2.45) is 7.05 Å². The van der Waals surface area contributed by atoms with Crippen molar-refractivity contribution in [2.45, 2.75) is 44.7 Å². The summed E-state index contributed by atoms with van der Waals surface area (Å²) >= 11 is 1.29. The molecular weight excluding hydrogens is 422 g/mol. The average Bonchev–Trinajstić information content (AvgIpc) is 3.12. The van der Waals surface area contributed by atoms with Gasteiger partial charge in [-0.2, -0.15) is 0 Å². The highest BCUT2D eigenvalue weighted by Crippen LogP contribution is 2.20. The van der Waals surface area contributed by atoms with Gasteiger partial charge in [-0.15, -0.1) is 10.2 Å². The molecule has 1 heterocycles. The third-order valence-corrected chi connectivity index (χ3v) is 6.13. The highest BCUT2D eigenvalue weighted by molar-refractivity contribution is 7.99. The first-order valence-corrected chi connectivity index (χ1v) is 11.6. The van der Waals surface area contributed by atoms with Crippen LogP contribution in [-0.2, 0) is 29.5 Å². The summed E-state index contributed by atoms with van der Waals surface area (Å²) in [4.78, 5) is 24.8. The highest BCUT2D eigenvalue weighted by Gasteiger charge is 2.15. The largest absolute Gasteiger partial charge is 0.325 e. The number of aryl methyl sites for hydroxylation is 1. The fourth-order valence-electron chi connectivity index (χ4n) is 3.19. The van der Waals surface area contributed by atoms with Crippen molar-refractivity contribution in [3.8, 4) is 0 Å². The lowest BCUT2D eigenvalue weighted by molar-refractivity contribution is -0.116. The van der Waals surface area contributed by atoms with E-state index in [2.05, 4.69) is 34.7 Å². The van der Waals surface area contributed by atoms with Crippen LogP contribution in [0.2, 0.25) is 0 Å². The van der Waals surface area contributed by atoms with E-state index < -0.39 is 0 Å². The Morgan fingerprint density at radius 3 is 2.41 bits per heavy atom. The minimum Gasteiger partial charge on any atom is -0.325 e. The molecule has 0 saturated carbocycles. The minimum absolute atomic E-state index is 0.108. The Hall–Kier alpha value is -3.13. The van der Waals surface area contributed by atoms with Crippen LogP contribution in [0.3, 0.4) is 0 Å². The van der Waals surface area contributed by atoms with Crippen LogP contribution >= 0.6 is 11.8 Å². The number of hydrogen-bond acceptors (Lipinski definition) is 5. The molecule has 168 valence electrons. The molecule has 0 aliphatic carbocycles. The normalized spacial score (nSPS) is 10.9. The number of carbonyl (C=O) groups excluding carboxylic acids is 2. The molecule has 0 spiro atoms. The van der Waals surface area contributed by atoms with E-state index in [1.54, 1.807) is 11.6 Å². The summed E-state index contributed by atoms with van der Waals surface area (Å²) in [5.74, 6) is 0.924. The molecule has 3 aromatic rings. The Labute approximate surface area is 193 Å². The second kappa shape index (κ2) is 10.9. The van der Waals surface area contributed by atoms with Crippen LogP contribution < -0.4 is 10.6 Å². The highest BCUT2D eigenvalue weighted by atomic mass is 32.2. The van der Waals surface area contributed by atoms with Gasteiger partial charge in [-0.3, -0.25) is 9.59 Å². The molecule has 0 fully saturated rings. The standard InChI is InChI=1S/C24H29N5O2S/c1-5-17-8-6-7-9-20(17)26-22(30)14-21-27-28-24(29(21)4)32-15-23(31)25-19-12-10-18(11-13-19)16(2)3/h6-13,16H,5,14-15H2,1-4H3,(H,25,31)(H,26,30). The molecule has 2 aromatic carbocycles. The summed E-state index contributed by atoms with van der Waals surface area (Å²) < 4.78 is 1.75. The lowest BCUT2D eigenvalue weighted by Crippen LogP contribution is -2.18. The number of nitrogens with one attached hydrogen (secondary N) is 2. The van der Waals surface area contributed by atoms with Gasteiger partial charge in [0.25, 0.3) is 0 Å². The quantitative estimate of drug-likeness (QED) is 0.470. The van der Waals surface area contributed by atoms with Crippen molar-refractivity contribution >= 4 is 35.0 Å².